The molecule has 3 heterocycles. The molecule has 1 saturated carbocycles. The zero-order valence-electron chi connectivity index (χ0n) is 10.4. The predicted molar refractivity (Wildman–Crippen MR) is 73.1 cm³/mol. The molecule has 5 heteroatoms. The number of aromatic nitrogens is 1. The number of piperidine rings is 1. The number of alkyl halides is 2. The molecule has 19 heavy (non-hydrogen) atoms. The van der Waals surface area contributed by atoms with Gasteiger partial charge < -0.3 is 4.90 Å². The van der Waals surface area contributed by atoms with Crippen molar-refractivity contribution < 1.29 is 8.78 Å². The first kappa shape index (κ1) is 11.6. The minimum absolute atomic E-state index is 0.0517. The molecule has 2 aliphatic rings. The molecule has 1 unspecified atom stereocenters. The van der Waals surface area contributed by atoms with Crippen LogP contribution in [0.2, 0.25) is 0 Å². The van der Waals surface area contributed by atoms with Gasteiger partial charge in [-0.25, -0.2) is 13.8 Å². The monoisotopic (exact) mass is 280 g/mol. The third-order valence-corrected chi connectivity index (χ3v) is 5.33. The lowest BCUT2D eigenvalue weighted by Crippen LogP contribution is -2.39. The van der Waals surface area contributed by atoms with E-state index in [0.29, 0.717) is 13.0 Å². The van der Waals surface area contributed by atoms with Gasteiger partial charge in [-0.15, -0.1) is 11.3 Å². The van der Waals surface area contributed by atoms with Crippen molar-refractivity contribution in [2.24, 2.45) is 5.41 Å². The Morgan fingerprint density at radius 2 is 2.16 bits per heavy atom. The number of hydrogen-bond donors (Lipinski definition) is 0. The van der Waals surface area contributed by atoms with Gasteiger partial charge in [-0.3, -0.25) is 0 Å². The summed E-state index contributed by atoms with van der Waals surface area (Å²) in [7, 11) is 0. The van der Waals surface area contributed by atoms with Crippen LogP contribution < -0.4 is 4.90 Å². The van der Waals surface area contributed by atoms with Crippen LogP contribution in [0.1, 0.15) is 19.3 Å². The fourth-order valence-corrected chi connectivity index (χ4v) is 4.04. The molecular formula is C14H14F2N2S. The summed E-state index contributed by atoms with van der Waals surface area (Å²) in [6.45, 7) is 1.28. The van der Waals surface area contributed by atoms with Gasteiger partial charge >= 0.3 is 0 Å². The molecule has 1 aliphatic heterocycles. The van der Waals surface area contributed by atoms with Crippen LogP contribution in [0.25, 0.3) is 10.1 Å². The number of fused-ring (bicyclic) bond motifs is 1. The van der Waals surface area contributed by atoms with Gasteiger partial charge in [0.05, 0.1) is 5.41 Å². The lowest BCUT2D eigenvalue weighted by Gasteiger charge is -2.34. The second-order valence-corrected chi connectivity index (χ2v) is 6.60. The molecular weight excluding hydrogens is 266 g/mol. The highest BCUT2D eigenvalue weighted by atomic mass is 32.1. The van der Waals surface area contributed by atoms with E-state index < -0.39 is 11.3 Å². The van der Waals surface area contributed by atoms with Crippen molar-refractivity contribution in [2.45, 2.75) is 25.2 Å². The Morgan fingerprint density at radius 3 is 2.95 bits per heavy atom. The number of hydrogen-bond acceptors (Lipinski definition) is 3. The van der Waals surface area contributed by atoms with Crippen LogP contribution in [0.15, 0.2) is 23.7 Å². The van der Waals surface area contributed by atoms with Gasteiger partial charge in [0.1, 0.15) is 5.82 Å². The van der Waals surface area contributed by atoms with Crippen LogP contribution in [0.5, 0.6) is 0 Å². The second kappa shape index (κ2) is 3.66. The number of rotatable bonds is 1. The highest BCUT2D eigenvalue weighted by Gasteiger charge is 2.71. The zero-order chi connectivity index (χ0) is 13.1. The molecule has 100 valence electrons. The van der Waals surface area contributed by atoms with Crippen LogP contribution in [-0.4, -0.2) is 24.0 Å². The topological polar surface area (TPSA) is 16.1 Å². The molecule has 1 spiro atoms. The Balaban J connectivity index is 1.71. The van der Waals surface area contributed by atoms with Crippen molar-refractivity contribution in [2.75, 3.05) is 18.0 Å². The van der Waals surface area contributed by atoms with Gasteiger partial charge in [0.15, 0.2) is 0 Å². The van der Waals surface area contributed by atoms with Crippen molar-refractivity contribution in [1.29, 1.82) is 0 Å². The lowest BCUT2D eigenvalue weighted by atomic mass is 9.94. The van der Waals surface area contributed by atoms with Crippen molar-refractivity contribution >= 4 is 27.2 Å². The Morgan fingerprint density at radius 1 is 1.32 bits per heavy atom. The van der Waals surface area contributed by atoms with Crippen molar-refractivity contribution in [1.82, 2.24) is 4.98 Å². The summed E-state index contributed by atoms with van der Waals surface area (Å²) in [6, 6.07) is 4.02. The van der Waals surface area contributed by atoms with E-state index in [1.165, 1.54) is 4.70 Å². The third-order valence-electron chi connectivity index (χ3n) is 4.45. The number of pyridine rings is 1. The molecule has 2 fully saturated rings. The molecule has 1 atom stereocenters. The van der Waals surface area contributed by atoms with E-state index in [1.807, 2.05) is 17.5 Å². The second-order valence-electron chi connectivity index (χ2n) is 5.65. The minimum Gasteiger partial charge on any atom is -0.355 e. The van der Waals surface area contributed by atoms with E-state index in [-0.39, 0.29) is 6.42 Å². The van der Waals surface area contributed by atoms with Crippen LogP contribution >= 0.6 is 11.3 Å². The van der Waals surface area contributed by atoms with E-state index >= 15 is 0 Å². The normalized spacial score (nSPS) is 29.1. The van der Waals surface area contributed by atoms with Gasteiger partial charge in [-0.1, -0.05) is 0 Å². The van der Waals surface area contributed by atoms with Crippen LogP contribution in [0.4, 0.5) is 14.6 Å². The summed E-state index contributed by atoms with van der Waals surface area (Å²) >= 11 is 1.67. The van der Waals surface area contributed by atoms with E-state index in [1.54, 1.807) is 17.5 Å². The van der Waals surface area contributed by atoms with Gasteiger partial charge in [-0.05, 0) is 30.4 Å². The van der Waals surface area contributed by atoms with E-state index in [4.69, 9.17) is 0 Å². The maximum Gasteiger partial charge on any atom is 0.256 e. The Bertz CT molecular complexity index is 639. The standard InChI is InChI=1S/C14H14F2N2S/c15-14(16)8-13(14)4-1-6-18(9-13)12-10-3-7-19-11(10)2-5-17-12/h2-3,5,7H,1,4,6,8-9H2. The first-order valence-corrected chi connectivity index (χ1v) is 7.44. The minimum atomic E-state index is -2.46. The van der Waals surface area contributed by atoms with Gasteiger partial charge in [0, 0.05) is 35.8 Å². The molecule has 0 amide bonds. The maximum absolute atomic E-state index is 13.6. The molecule has 1 saturated heterocycles. The summed E-state index contributed by atoms with van der Waals surface area (Å²) in [5.74, 6) is -1.59. The zero-order valence-corrected chi connectivity index (χ0v) is 11.2. The molecule has 0 aromatic carbocycles. The van der Waals surface area contributed by atoms with Crippen molar-refractivity contribution in [3.05, 3.63) is 23.7 Å². The summed E-state index contributed by atoms with van der Waals surface area (Å²) in [4.78, 5) is 6.49. The van der Waals surface area contributed by atoms with Crippen LogP contribution in [-0.2, 0) is 0 Å². The summed E-state index contributed by atoms with van der Waals surface area (Å²) in [5, 5.41) is 3.12. The first-order valence-electron chi connectivity index (χ1n) is 6.56. The van der Waals surface area contributed by atoms with E-state index in [0.717, 1.165) is 24.2 Å². The SMILES string of the molecule is FC1(F)CC12CCCN(c1nccc3sccc13)C2. The Hall–Kier alpha value is -1.23. The number of anilines is 1. The molecule has 2 nitrogen and oxygen atoms in total. The summed E-state index contributed by atoms with van der Waals surface area (Å²) in [5.41, 5.74) is -0.773. The van der Waals surface area contributed by atoms with Gasteiger partial charge in [0.25, 0.3) is 5.92 Å². The van der Waals surface area contributed by atoms with Gasteiger partial charge in [0.2, 0.25) is 0 Å². The van der Waals surface area contributed by atoms with Crippen LogP contribution in [0.3, 0.4) is 0 Å². The number of thiophene rings is 1. The molecule has 2 aromatic rings. The highest BCUT2D eigenvalue weighted by molar-refractivity contribution is 7.17. The first-order chi connectivity index (χ1) is 9.11. The average Bonchev–Trinajstić information content (AvgIpc) is 2.79. The molecule has 4 rings (SSSR count). The van der Waals surface area contributed by atoms with Gasteiger partial charge in [-0.2, -0.15) is 0 Å². The smallest absolute Gasteiger partial charge is 0.256 e. The van der Waals surface area contributed by atoms with E-state index in [2.05, 4.69) is 9.88 Å². The lowest BCUT2D eigenvalue weighted by molar-refractivity contribution is 0.0575. The Kier molecular flexibility index (Phi) is 2.23. The maximum atomic E-state index is 13.6. The predicted octanol–water partition coefficient (Wildman–Crippen LogP) is 3.92. The molecule has 0 radical (unpaired) electrons. The fraction of sp³-hybridized carbons (Fsp3) is 0.500. The Labute approximate surface area is 114 Å². The van der Waals surface area contributed by atoms with Crippen LogP contribution in [0, 0.1) is 5.41 Å². The number of halogens is 2. The molecule has 2 aromatic heterocycles. The average molecular weight is 280 g/mol. The molecule has 0 bridgehead atoms. The van der Waals surface area contributed by atoms with Crippen molar-refractivity contribution in [3.8, 4) is 0 Å². The quantitative estimate of drug-likeness (QED) is 0.787. The molecule has 1 aliphatic carbocycles. The highest BCUT2D eigenvalue weighted by Crippen LogP contribution is 2.64. The number of nitrogens with zero attached hydrogens (tertiary/aromatic N) is 2. The summed E-state index contributed by atoms with van der Waals surface area (Å²) in [6.07, 6.45) is 3.31. The third kappa shape index (κ3) is 1.60. The fourth-order valence-electron chi connectivity index (χ4n) is 3.27. The van der Waals surface area contributed by atoms with Crippen molar-refractivity contribution in [3.63, 3.8) is 0 Å². The molecule has 0 N–H and O–H groups in total. The largest absolute Gasteiger partial charge is 0.355 e. The summed E-state index contributed by atoms with van der Waals surface area (Å²) < 4.78 is 28.3. The van der Waals surface area contributed by atoms with E-state index in [9.17, 15) is 8.78 Å².